The normalized spacial score (nSPS) is 53.8. The zero-order valence-electron chi connectivity index (χ0n) is 15.9. The van der Waals surface area contributed by atoms with Crippen molar-refractivity contribution in [1.29, 1.82) is 0 Å². The van der Waals surface area contributed by atoms with Crippen LogP contribution in [-0.4, -0.2) is 30.6 Å². The Labute approximate surface area is 147 Å². The first-order valence-corrected chi connectivity index (χ1v) is 10.2. The second kappa shape index (κ2) is 5.81. The van der Waals surface area contributed by atoms with Gasteiger partial charge in [0.15, 0.2) is 0 Å². The first-order valence-electron chi connectivity index (χ1n) is 10.2. The number of nitrogens with one attached hydrogen (secondary N) is 1. The molecule has 1 heterocycles. The van der Waals surface area contributed by atoms with Gasteiger partial charge in [-0.05, 0) is 94.3 Å². The van der Waals surface area contributed by atoms with E-state index in [1.807, 2.05) is 7.11 Å². The van der Waals surface area contributed by atoms with E-state index in [2.05, 4.69) is 19.2 Å². The second-order valence-corrected chi connectivity index (χ2v) is 9.79. The molecule has 1 N–H and O–H groups in total. The number of Topliss-reactive ketones (excluding diaryl/α,β-unsaturated/α-hetero) is 1. The maximum atomic E-state index is 12.0. The molecule has 3 heteroatoms. The Kier molecular flexibility index (Phi) is 4.12. The molecule has 24 heavy (non-hydrogen) atoms. The number of carbonyl (C=O) groups excluding carboxylic acids is 1. The first-order chi connectivity index (χ1) is 11.4. The molecule has 0 bridgehead atoms. The van der Waals surface area contributed by atoms with Crippen LogP contribution < -0.4 is 5.32 Å². The van der Waals surface area contributed by atoms with Gasteiger partial charge in [0.2, 0.25) is 0 Å². The van der Waals surface area contributed by atoms with E-state index in [4.69, 9.17) is 4.74 Å². The largest absolute Gasteiger partial charge is 0.381 e. The van der Waals surface area contributed by atoms with E-state index < -0.39 is 0 Å². The summed E-state index contributed by atoms with van der Waals surface area (Å²) in [6.45, 7) is 6.75. The van der Waals surface area contributed by atoms with Gasteiger partial charge in [-0.2, -0.15) is 0 Å². The van der Waals surface area contributed by atoms with Gasteiger partial charge in [0.1, 0.15) is 5.78 Å². The van der Waals surface area contributed by atoms with Crippen LogP contribution in [0.15, 0.2) is 0 Å². The van der Waals surface area contributed by atoms with E-state index in [1.54, 1.807) is 6.92 Å². The molecule has 3 nitrogen and oxygen atoms in total. The van der Waals surface area contributed by atoms with E-state index in [0.29, 0.717) is 23.2 Å². The SMILES string of the molecule is COC1CCC2(C)C(CCC3C4CC(C(C)=O)NC4(C)CCC32)C1. The third kappa shape index (κ3) is 2.41. The lowest BCUT2D eigenvalue weighted by atomic mass is 9.46. The van der Waals surface area contributed by atoms with E-state index in [0.717, 1.165) is 24.2 Å². The van der Waals surface area contributed by atoms with Gasteiger partial charge in [0.05, 0.1) is 12.1 Å². The Balaban J connectivity index is 1.57. The zero-order valence-corrected chi connectivity index (χ0v) is 15.9. The van der Waals surface area contributed by atoms with Gasteiger partial charge in [0.25, 0.3) is 0 Å². The molecule has 0 spiro atoms. The van der Waals surface area contributed by atoms with Crippen LogP contribution in [-0.2, 0) is 9.53 Å². The molecule has 136 valence electrons. The topological polar surface area (TPSA) is 38.3 Å². The molecule has 0 radical (unpaired) electrons. The summed E-state index contributed by atoms with van der Waals surface area (Å²) < 4.78 is 5.70. The average molecular weight is 334 g/mol. The molecule has 8 unspecified atom stereocenters. The summed E-state index contributed by atoms with van der Waals surface area (Å²) in [7, 11) is 1.89. The highest BCUT2D eigenvalue weighted by atomic mass is 16.5. The molecule has 1 aliphatic heterocycles. The van der Waals surface area contributed by atoms with Crippen LogP contribution in [0.5, 0.6) is 0 Å². The molecule has 0 aromatic rings. The molecule has 3 saturated carbocycles. The summed E-state index contributed by atoms with van der Waals surface area (Å²) in [4.78, 5) is 12.0. The van der Waals surface area contributed by atoms with Gasteiger partial charge in [0, 0.05) is 12.6 Å². The molecule has 1 saturated heterocycles. The van der Waals surface area contributed by atoms with Gasteiger partial charge in [-0.15, -0.1) is 0 Å². The molecular weight excluding hydrogens is 298 g/mol. The van der Waals surface area contributed by atoms with Crippen molar-refractivity contribution < 1.29 is 9.53 Å². The minimum absolute atomic E-state index is 0.105. The molecule has 4 fully saturated rings. The molecule has 0 amide bonds. The predicted octanol–water partition coefficient (Wildman–Crippen LogP) is 3.95. The molecular formula is C21H35NO2. The predicted molar refractivity (Wildman–Crippen MR) is 95.8 cm³/mol. The summed E-state index contributed by atoms with van der Waals surface area (Å²) in [5.74, 6) is 3.56. The monoisotopic (exact) mass is 333 g/mol. The summed E-state index contributed by atoms with van der Waals surface area (Å²) in [5.41, 5.74) is 0.706. The summed E-state index contributed by atoms with van der Waals surface area (Å²) in [6.07, 6.45) is 10.7. The lowest BCUT2D eigenvalue weighted by molar-refractivity contribution is -0.118. The first kappa shape index (κ1) is 17.0. The van der Waals surface area contributed by atoms with Crippen LogP contribution in [0.4, 0.5) is 0 Å². The number of hydrogen-bond donors (Lipinski definition) is 1. The van der Waals surface area contributed by atoms with Crippen LogP contribution in [0, 0.1) is 29.1 Å². The van der Waals surface area contributed by atoms with Crippen LogP contribution in [0.25, 0.3) is 0 Å². The number of fused-ring (bicyclic) bond motifs is 5. The minimum atomic E-state index is 0.105. The lowest BCUT2D eigenvalue weighted by Gasteiger charge is -2.60. The Hall–Kier alpha value is -0.410. The molecule has 4 aliphatic rings. The average Bonchev–Trinajstić information content (AvgIpc) is 2.92. The van der Waals surface area contributed by atoms with Crippen LogP contribution in [0.1, 0.15) is 72.1 Å². The Morgan fingerprint density at radius 1 is 1.04 bits per heavy atom. The molecule has 0 aromatic heterocycles. The Bertz CT molecular complexity index is 520. The summed E-state index contributed by atoms with van der Waals surface area (Å²) in [5, 5.41) is 3.73. The number of hydrogen-bond acceptors (Lipinski definition) is 3. The van der Waals surface area contributed by atoms with Crippen molar-refractivity contribution in [3.8, 4) is 0 Å². The van der Waals surface area contributed by atoms with Gasteiger partial charge >= 0.3 is 0 Å². The van der Waals surface area contributed by atoms with Crippen molar-refractivity contribution >= 4 is 5.78 Å². The quantitative estimate of drug-likeness (QED) is 0.831. The van der Waals surface area contributed by atoms with Gasteiger partial charge in [-0.25, -0.2) is 0 Å². The molecule has 3 aliphatic carbocycles. The van der Waals surface area contributed by atoms with Crippen molar-refractivity contribution in [3.05, 3.63) is 0 Å². The zero-order chi connectivity index (χ0) is 17.1. The third-order valence-electron chi connectivity index (χ3n) is 8.82. The smallest absolute Gasteiger partial charge is 0.146 e. The summed E-state index contributed by atoms with van der Waals surface area (Å²) in [6, 6.07) is 0.105. The van der Waals surface area contributed by atoms with E-state index >= 15 is 0 Å². The maximum absolute atomic E-state index is 12.0. The van der Waals surface area contributed by atoms with E-state index in [9.17, 15) is 4.79 Å². The number of ether oxygens (including phenoxy) is 1. The number of rotatable bonds is 2. The van der Waals surface area contributed by atoms with Crippen LogP contribution in [0.3, 0.4) is 0 Å². The van der Waals surface area contributed by atoms with Crippen molar-refractivity contribution in [2.45, 2.75) is 89.8 Å². The molecule has 8 atom stereocenters. The standard InChI is InChI=1S/C21H35NO2/c1-13(23)19-12-18-16-6-5-14-11-15(24-4)7-9-20(14,2)17(16)8-10-21(18,3)22-19/h14-19,22H,5-12H2,1-4H3. The minimum Gasteiger partial charge on any atom is -0.381 e. The number of carbonyl (C=O) groups is 1. The third-order valence-corrected chi connectivity index (χ3v) is 8.82. The van der Waals surface area contributed by atoms with Crippen LogP contribution in [0.2, 0.25) is 0 Å². The Morgan fingerprint density at radius 3 is 2.54 bits per heavy atom. The van der Waals surface area contributed by atoms with Gasteiger partial charge < -0.3 is 10.1 Å². The fraction of sp³-hybridized carbons (Fsp3) is 0.952. The second-order valence-electron chi connectivity index (χ2n) is 9.79. The van der Waals surface area contributed by atoms with E-state index in [-0.39, 0.29) is 11.6 Å². The highest BCUT2D eigenvalue weighted by Gasteiger charge is 2.59. The van der Waals surface area contributed by atoms with Crippen molar-refractivity contribution in [2.24, 2.45) is 29.1 Å². The highest BCUT2D eigenvalue weighted by Crippen LogP contribution is 2.63. The van der Waals surface area contributed by atoms with Gasteiger partial charge in [-0.3, -0.25) is 4.79 Å². The van der Waals surface area contributed by atoms with Crippen molar-refractivity contribution in [2.75, 3.05) is 7.11 Å². The summed E-state index contributed by atoms with van der Waals surface area (Å²) >= 11 is 0. The van der Waals surface area contributed by atoms with Gasteiger partial charge in [-0.1, -0.05) is 6.92 Å². The number of ketones is 1. The van der Waals surface area contributed by atoms with Crippen LogP contribution >= 0.6 is 0 Å². The molecule has 0 aromatic carbocycles. The maximum Gasteiger partial charge on any atom is 0.146 e. The lowest BCUT2D eigenvalue weighted by Crippen LogP contribution is -2.57. The molecule has 4 rings (SSSR count). The van der Waals surface area contributed by atoms with Crippen molar-refractivity contribution in [3.63, 3.8) is 0 Å². The Morgan fingerprint density at radius 2 is 1.83 bits per heavy atom. The fourth-order valence-electron chi connectivity index (χ4n) is 7.35. The number of methoxy groups -OCH3 is 1. The van der Waals surface area contributed by atoms with Crippen molar-refractivity contribution in [1.82, 2.24) is 5.32 Å². The highest BCUT2D eigenvalue weighted by molar-refractivity contribution is 5.82. The van der Waals surface area contributed by atoms with E-state index in [1.165, 1.54) is 44.9 Å². The fourth-order valence-corrected chi connectivity index (χ4v) is 7.35.